The van der Waals surface area contributed by atoms with E-state index in [4.69, 9.17) is 20.3 Å². The van der Waals surface area contributed by atoms with Crippen LogP contribution in [-0.4, -0.2) is 38.1 Å². The molecule has 0 saturated heterocycles. The minimum absolute atomic E-state index is 0.190. The molecule has 0 amide bonds. The molecular weight excluding hydrogens is 370 g/mol. The minimum Gasteiger partial charge on any atom is -0.493 e. The summed E-state index contributed by atoms with van der Waals surface area (Å²) in [5.41, 5.74) is 7.83. The second kappa shape index (κ2) is 7.58. The normalized spacial score (nSPS) is 17.5. The molecule has 2 aromatic carbocycles. The second-order valence-corrected chi connectivity index (χ2v) is 8.55. The smallest absolute Gasteiger partial charge is 0.341 e. The van der Waals surface area contributed by atoms with Gasteiger partial charge >= 0.3 is 5.97 Å². The summed E-state index contributed by atoms with van der Waals surface area (Å²) in [6, 6.07) is 11.4. The van der Waals surface area contributed by atoms with Crippen molar-refractivity contribution in [2.24, 2.45) is 5.73 Å². The number of aryl methyl sites for hydroxylation is 1. The third-order valence-corrected chi connectivity index (χ3v) is 6.51. The van der Waals surface area contributed by atoms with Gasteiger partial charge in [0.05, 0.1) is 11.5 Å². The van der Waals surface area contributed by atoms with Crippen LogP contribution in [0.15, 0.2) is 47.4 Å². The molecule has 2 atom stereocenters. The van der Waals surface area contributed by atoms with E-state index in [9.17, 15) is 13.2 Å². The monoisotopic (exact) mass is 391 g/mol. The van der Waals surface area contributed by atoms with Crippen LogP contribution in [0.2, 0.25) is 0 Å². The number of rotatable bonds is 6. The van der Waals surface area contributed by atoms with Gasteiger partial charge in [-0.3, -0.25) is 0 Å². The van der Waals surface area contributed by atoms with Crippen LogP contribution in [0.5, 0.6) is 11.5 Å². The first-order valence-electron chi connectivity index (χ1n) is 8.46. The Labute approximate surface area is 157 Å². The number of aliphatic carboxylic acids is 1. The van der Waals surface area contributed by atoms with Gasteiger partial charge < -0.3 is 20.3 Å². The summed E-state index contributed by atoms with van der Waals surface area (Å²) < 4.78 is 36.6. The Morgan fingerprint density at radius 1 is 1.30 bits per heavy atom. The third kappa shape index (κ3) is 4.06. The third-order valence-electron chi connectivity index (χ3n) is 4.54. The van der Waals surface area contributed by atoms with Crippen molar-refractivity contribution in [3.63, 3.8) is 0 Å². The molecule has 1 aliphatic rings. The van der Waals surface area contributed by atoms with Crippen molar-refractivity contribution in [2.45, 2.75) is 29.5 Å². The molecule has 8 heteroatoms. The van der Waals surface area contributed by atoms with Crippen LogP contribution in [0.25, 0.3) is 0 Å². The lowest BCUT2D eigenvalue weighted by Crippen LogP contribution is -2.39. The predicted molar refractivity (Wildman–Crippen MR) is 98.8 cm³/mol. The fraction of sp³-hybridized carbons (Fsp3) is 0.316. The van der Waals surface area contributed by atoms with Crippen LogP contribution >= 0.6 is 0 Å². The van der Waals surface area contributed by atoms with Crippen molar-refractivity contribution >= 4 is 15.8 Å². The van der Waals surface area contributed by atoms with Gasteiger partial charge in [0.25, 0.3) is 0 Å². The number of hydrogen-bond acceptors (Lipinski definition) is 6. The molecule has 0 fully saturated rings. The highest BCUT2D eigenvalue weighted by Gasteiger charge is 2.36. The van der Waals surface area contributed by atoms with Gasteiger partial charge in [0.1, 0.15) is 16.9 Å². The molecule has 2 aromatic rings. The highest BCUT2D eigenvalue weighted by atomic mass is 32.2. The molecule has 27 heavy (non-hydrogen) atoms. The first-order chi connectivity index (χ1) is 12.8. The topological polar surface area (TPSA) is 116 Å². The average Bonchev–Trinajstić information content (AvgIpc) is 2.65. The van der Waals surface area contributed by atoms with E-state index in [1.54, 1.807) is 42.5 Å². The summed E-state index contributed by atoms with van der Waals surface area (Å²) in [7, 11) is -3.72. The molecule has 0 bridgehead atoms. The summed E-state index contributed by atoms with van der Waals surface area (Å²) in [6.07, 6.45) is 0.467. The zero-order valence-corrected chi connectivity index (χ0v) is 15.6. The summed E-state index contributed by atoms with van der Waals surface area (Å²) in [4.78, 5) is 10.8. The number of carboxylic acid groups (broad SMARTS) is 1. The molecule has 0 spiro atoms. The molecule has 1 aliphatic heterocycles. The Hall–Kier alpha value is -2.58. The quantitative estimate of drug-likeness (QED) is 0.774. The molecule has 0 saturated carbocycles. The number of benzene rings is 2. The molecule has 0 aliphatic carbocycles. The number of hydrogen-bond donors (Lipinski definition) is 2. The maximum Gasteiger partial charge on any atom is 0.341 e. The molecule has 7 nitrogen and oxygen atoms in total. The van der Waals surface area contributed by atoms with Crippen molar-refractivity contribution < 1.29 is 27.8 Å². The van der Waals surface area contributed by atoms with E-state index in [1.165, 1.54) is 0 Å². The van der Waals surface area contributed by atoms with Crippen LogP contribution in [0, 0.1) is 6.92 Å². The lowest BCUT2D eigenvalue weighted by atomic mass is 9.93. The van der Waals surface area contributed by atoms with E-state index in [2.05, 4.69) is 0 Å². The maximum atomic E-state index is 12.9. The number of carboxylic acids is 1. The standard InChI is InChI=1S/C19H21NO6S/c1-12-2-5-14(6-3-12)27(23,24)19(20)16-8-9-25-17-10-13(4-7-15(16)17)26-11-18(21)22/h2-7,10,16,19H,8-9,11,20H2,1H3,(H,21,22). The number of ether oxygens (including phenoxy) is 2. The molecule has 3 rings (SSSR count). The molecule has 0 radical (unpaired) electrons. The number of carbonyl (C=O) groups is 1. The van der Waals surface area contributed by atoms with Gasteiger partial charge in [-0.1, -0.05) is 23.8 Å². The van der Waals surface area contributed by atoms with Crippen molar-refractivity contribution in [3.05, 3.63) is 53.6 Å². The van der Waals surface area contributed by atoms with Crippen LogP contribution in [0.1, 0.15) is 23.5 Å². The number of sulfone groups is 1. The summed E-state index contributed by atoms with van der Waals surface area (Å²) in [6.45, 7) is 1.73. The lowest BCUT2D eigenvalue weighted by molar-refractivity contribution is -0.139. The Morgan fingerprint density at radius 3 is 2.67 bits per heavy atom. The Morgan fingerprint density at radius 2 is 2.00 bits per heavy atom. The maximum absolute atomic E-state index is 12.9. The van der Waals surface area contributed by atoms with Crippen molar-refractivity contribution in [1.82, 2.24) is 0 Å². The Kier molecular flexibility index (Phi) is 5.38. The SMILES string of the molecule is Cc1ccc(S(=O)(=O)C(N)C2CCOc3cc(OCC(=O)O)ccc32)cc1. The number of nitrogens with two attached hydrogens (primary N) is 1. The Bertz CT molecular complexity index is 939. The Balaban J connectivity index is 1.88. The van der Waals surface area contributed by atoms with Crippen molar-refractivity contribution in [1.29, 1.82) is 0 Å². The van der Waals surface area contributed by atoms with Gasteiger partial charge in [0.2, 0.25) is 0 Å². The zero-order chi connectivity index (χ0) is 19.6. The minimum atomic E-state index is -3.72. The highest BCUT2D eigenvalue weighted by molar-refractivity contribution is 7.92. The average molecular weight is 391 g/mol. The second-order valence-electron chi connectivity index (χ2n) is 6.45. The predicted octanol–water partition coefficient (Wildman–Crippen LogP) is 2.08. The van der Waals surface area contributed by atoms with E-state index < -0.39 is 33.7 Å². The van der Waals surface area contributed by atoms with E-state index in [0.717, 1.165) is 5.56 Å². The zero-order valence-electron chi connectivity index (χ0n) is 14.8. The molecule has 144 valence electrons. The summed E-state index contributed by atoms with van der Waals surface area (Å²) in [5.74, 6) is -0.721. The van der Waals surface area contributed by atoms with E-state index in [0.29, 0.717) is 30.1 Å². The van der Waals surface area contributed by atoms with Crippen molar-refractivity contribution in [2.75, 3.05) is 13.2 Å². The van der Waals surface area contributed by atoms with Crippen LogP contribution in [-0.2, 0) is 14.6 Å². The highest BCUT2D eigenvalue weighted by Crippen LogP contribution is 2.39. The summed E-state index contributed by atoms with van der Waals surface area (Å²) in [5, 5.41) is 7.59. The number of fused-ring (bicyclic) bond motifs is 1. The van der Waals surface area contributed by atoms with E-state index in [1.807, 2.05) is 6.92 Å². The van der Waals surface area contributed by atoms with Gasteiger partial charge in [-0.25, -0.2) is 13.2 Å². The lowest BCUT2D eigenvalue weighted by Gasteiger charge is -2.30. The summed E-state index contributed by atoms with van der Waals surface area (Å²) >= 11 is 0. The fourth-order valence-electron chi connectivity index (χ4n) is 3.07. The first-order valence-corrected chi connectivity index (χ1v) is 10.0. The largest absolute Gasteiger partial charge is 0.493 e. The molecule has 0 aromatic heterocycles. The van der Waals surface area contributed by atoms with Gasteiger partial charge in [-0.15, -0.1) is 0 Å². The first kappa shape index (κ1) is 19.2. The molecular formula is C19H21NO6S. The van der Waals surface area contributed by atoms with Gasteiger partial charge in [-0.05, 0) is 31.5 Å². The van der Waals surface area contributed by atoms with Crippen LogP contribution < -0.4 is 15.2 Å². The van der Waals surface area contributed by atoms with Gasteiger partial charge in [0, 0.05) is 17.5 Å². The van der Waals surface area contributed by atoms with E-state index in [-0.39, 0.29) is 4.90 Å². The molecule has 3 N–H and O–H groups in total. The molecule has 2 unspecified atom stereocenters. The van der Waals surface area contributed by atoms with Crippen LogP contribution in [0.4, 0.5) is 0 Å². The van der Waals surface area contributed by atoms with Crippen molar-refractivity contribution in [3.8, 4) is 11.5 Å². The van der Waals surface area contributed by atoms with E-state index >= 15 is 0 Å². The van der Waals surface area contributed by atoms with Gasteiger partial charge in [0.15, 0.2) is 16.4 Å². The molecule has 1 heterocycles. The van der Waals surface area contributed by atoms with Crippen LogP contribution in [0.3, 0.4) is 0 Å². The fourth-order valence-corrected chi connectivity index (χ4v) is 4.62. The van der Waals surface area contributed by atoms with Gasteiger partial charge in [-0.2, -0.15) is 0 Å².